The van der Waals surface area contributed by atoms with Gasteiger partial charge in [-0.05, 0) is 31.4 Å². The van der Waals surface area contributed by atoms with E-state index in [9.17, 15) is 13.2 Å². The Morgan fingerprint density at radius 1 is 1.32 bits per heavy atom. The standard InChI is InChI=1S/C14H21NO5S.Na/c1-4-12-8-6-7-11(3)14(12)15(10-20-5-2)13(16)9-21(17,18)19;/h6-8H,4-5,9-10H2,1-3H3,(H,17,18,19);. The maximum Gasteiger partial charge on any atom is 0.274 e. The van der Waals surface area contributed by atoms with E-state index in [0.717, 1.165) is 11.1 Å². The number of para-hydroxylation sites is 1. The molecule has 0 aliphatic rings. The van der Waals surface area contributed by atoms with E-state index < -0.39 is 21.8 Å². The van der Waals surface area contributed by atoms with Crippen molar-refractivity contribution >= 4 is 51.3 Å². The van der Waals surface area contributed by atoms with Crippen molar-refractivity contribution in [1.29, 1.82) is 0 Å². The second-order valence-electron chi connectivity index (χ2n) is 4.61. The van der Waals surface area contributed by atoms with Crippen LogP contribution in [0.15, 0.2) is 18.2 Å². The number of ether oxygens (including phenoxy) is 1. The van der Waals surface area contributed by atoms with E-state index in [2.05, 4.69) is 0 Å². The molecule has 0 heterocycles. The fraction of sp³-hybridized carbons (Fsp3) is 0.500. The Bertz CT molecular complexity index is 603. The molecule has 1 amide bonds. The van der Waals surface area contributed by atoms with E-state index in [-0.39, 0.29) is 36.3 Å². The Kier molecular flexibility index (Phi) is 9.45. The van der Waals surface area contributed by atoms with Crippen LogP contribution >= 0.6 is 0 Å². The van der Waals surface area contributed by atoms with Gasteiger partial charge in [0, 0.05) is 36.2 Å². The van der Waals surface area contributed by atoms with Gasteiger partial charge in [-0.25, -0.2) is 0 Å². The summed E-state index contributed by atoms with van der Waals surface area (Å²) in [5, 5.41) is 0. The first-order chi connectivity index (χ1) is 9.80. The molecule has 1 radical (unpaired) electrons. The minimum absolute atomic E-state index is 0. The first-order valence-corrected chi connectivity index (χ1v) is 8.32. The quantitative estimate of drug-likeness (QED) is 0.461. The summed E-state index contributed by atoms with van der Waals surface area (Å²) >= 11 is 0. The Morgan fingerprint density at radius 2 is 1.95 bits per heavy atom. The summed E-state index contributed by atoms with van der Waals surface area (Å²) < 4.78 is 36.1. The van der Waals surface area contributed by atoms with Crippen LogP contribution in [0.5, 0.6) is 0 Å². The van der Waals surface area contributed by atoms with Crippen molar-refractivity contribution in [3.63, 3.8) is 0 Å². The summed E-state index contributed by atoms with van der Waals surface area (Å²) in [6.07, 6.45) is 0.693. The van der Waals surface area contributed by atoms with E-state index in [4.69, 9.17) is 9.29 Å². The zero-order valence-corrected chi connectivity index (χ0v) is 16.3. The van der Waals surface area contributed by atoms with Crippen LogP contribution in [0.25, 0.3) is 0 Å². The predicted octanol–water partition coefficient (Wildman–Crippen LogP) is 1.39. The molecule has 0 unspecified atom stereocenters. The van der Waals surface area contributed by atoms with Crippen LogP contribution in [0.1, 0.15) is 25.0 Å². The van der Waals surface area contributed by atoms with E-state index in [1.807, 2.05) is 32.0 Å². The number of benzene rings is 1. The number of hydrogen-bond acceptors (Lipinski definition) is 4. The molecule has 1 N–H and O–H groups in total. The van der Waals surface area contributed by atoms with Crippen LogP contribution in [0, 0.1) is 6.92 Å². The molecule has 119 valence electrons. The molecule has 0 atom stereocenters. The van der Waals surface area contributed by atoms with Crippen molar-refractivity contribution in [2.75, 3.05) is 24.0 Å². The fourth-order valence-electron chi connectivity index (χ4n) is 2.07. The van der Waals surface area contributed by atoms with Gasteiger partial charge in [0.15, 0.2) is 5.75 Å². The molecule has 6 nitrogen and oxygen atoms in total. The normalized spacial score (nSPS) is 10.9. The second kappa shape index (κ2) is 9.64. The van der Waals surface area contributed by atoms with Gasteiger partial charge in [0.05, 0.1) is 5.69 Å². The number of carbonyl (C=O) groups excluding carboxylic acids is 1. The first-order valence-electron chi connectivity index (χ1n) is 6.71. The maximum absolute atomic E-state index is 12.2. The van der Waals surface area contributed by atoms with Gasteiger partial charge in [0.25, 0.3) is 10.1 Å². The van der Waals surface area contributed by atoms with Gasteiger partial charge in [-0.1, -0.05) is 25.1 Å². The average Bonchev–Trinajstić information content (AvgIpc) is 2.38. The Labute approximate surface area is 153 Å². The summed E-state index contributed by atoms with van der Waals surface area (Å²) in [5.41, 5.74) is 2.40. The van der Waals surface area contributed by atoms with Gasteiger partial charge in [-0.15, -0.1) is 0 Å². The zero-order valence-electron chi connectivity index (χ0n) is 13.5. The van der Waals surface area contributed by atoms with Crippen LogP contribution in [-0.2, 0) is 26.1 Å². The van der Waals surface area contributed by atoms with Crippen LogP contribution in [-0.4, -0.2) is 67.5 Å². The van der Waals surface area contributed by atoms with Crippen molar-refractivity contribution < 1.29 is 22.5 Å². The van der Waals surface area contributed by atoms with Crippen LogP contribution in [0.3, 0.4) is 0 Å². The number of nitrogens with zero attached hydrogens (tertiary/aromatic N) is 1. The molecule has 0 bridgehead atoms. The van der Waals surface area contributed by atoms with Crippen LogP contribution in [0.2, 0.25) is 0 Å². The fourth-order valence-corrected chi connectivity index (χ4v) is 2.54. The predicted molar refractivity (Wildman–Crippen MR) is 86.7 cm³/mol. The molecule has 1 aromatic rings. The minimum Gasteiger partial charge on any atom is -0.361 e. The third-order valence-corrected chi connectivity index (χ3v) is 3.62. The van der Waals surface area contributed by atoms with Crippen molar-refractivity contribution in [3.05, 3.63) is 29.3 Å². The molecule has 22 heavy (non-hydrogen) atoms. The summed E-state index contributed by atoms with van der Waals surface area (Å²) in [6, 6.07) is 5.60. The molecule has 0 spiro atoms. The molecule has 1 rings (SSSR count). The van der Waals surface area contributed by atoms with Gasteiger partial charge < -0.3 is 4.74 Å². The van der Waals surface area contributed by atoms with E-state index in [1.165, 1.54) is 4.90 Å². The van der Waals surface area contributed by atoms with Gasteiger partial charge in [-0.2, -0.15) is 8.42 Å². The van der Waals surface area contributed by atoms with Crippen molar-refractivity contribution in [2.24, 2.45) is 0 Å². The first kappa shape index (κ1) is 21.6. The summed E-state index contributed by atoms with van der Waals surface area (Å²) in [7, 11) is -4.38. The van der Waals surface area contributed by atoms with Gasteiger partial charge in [-0.3, -0.25) is 14.2 Å². The Balaban J connectivity index is 0.00000441. The maximum atomic E-state index is 12.2. The molecule has 1 aromatic carbocycles. The third kappa shape index (κ3) is 6.36. The minimum atomic E-state index is -4.38. The Hall–Kier alpha value is -0.440. The summed E-state index contributed by atoms with van der Waals surface area (Å²) in [5.74, 6) is -1.67. The Morgan fingerprint density at radius 3 is 2.45 bits per heavy atom. The second-order valence-corrected chi connectivity index (χ2v) is 6.06. The molecular formula is C14H21NNaO5S. The van der Waals surface area contributed by atoms with Gasteiger partial charge in [0.1, 0.15) is 6.73 Å². The number of carbonyl (C=O) groups is 1. The number of anilines is 1. The van der Waals surface area contributed by atoms with E-state index in [1.54, 1.807) is 6.92 Å². The molecular weight excluding hydrogens is 317 g/mol. The van der Waals surface area contributed by atoms with Gasteiger partial charge >= 0.3 is 0 Å². The number of aryl methyl sites for hydroxylation is 2. The van der Waals surface area contributed by atoms with Crippen molar-refractivity contribution in [1.82, 2.24) is 0 Å². The SMILES string of the molecule is CCOCN(C(=O)CS(=O)(=O)O)c1c(C)cccc1CC.[Na]. The molecule has 0 saturated heterocycles. The molecule has 0 saturated carbocycles. The molecule has 0 aromatic heterocycles. The van der Waals surface area contributed by atoms with Crippen LogP contribution < -0.4 is 4.90 Å². The van der Waals surface area contributed by atoms with E-state index in [0.29, 0.717) is 18.7 Å². The monoisotopic (exact) mass is 338 g/mol. The van der Waals surface area contributed by atoms with Crippen molar-refractivity contribution in [3.8, 4) is 0 Å². The number of rotatable bonds is 7. The van der Waals surface area contributed by atoms with E-state index >= 15 is 0 Å². The van der Waals surface area contributed by atoms with Crippen LogP contribution in [0.4, 0.5) is 5.69 Å². The molecule has 0 aliphatic heterocycles. The number of amides is 1. The largest absolute Gasteiger partial charge is 0.361 e. The third-order valence-electron chi connectivity index (χ3n) is 3.00. The molecule has 8 heteroatoms. The topological polar surface area (TPSA) is 83.9 Å². The van der Waals surface area contributed by atoms with Gasteiger partial charge in [0.2, 0.25) is 5.91 Å². The summed E-state index contributed by atoms with van der Waals surface area (Å²) in [4.78, 5) is 13.5. The number of hydrogen-bond donors (Lipinski definition) is 1. The average molecular weight is 338 g/mol. The smallest absolute Gasteiger partial charge is 0.274 e. The zero-order chi connectivity index (χ0) is 16.0. The molecule has 0 fully saturated rings. The molecule has 0 aliphatic carbocycles. The van der Waals surface area contributed by atoms with Crippen molar-refractivity contribution in [2.45, 2.75) is 27.2 Å². The summed E-state index contributed by atoms with van der Waals surface area (Å²) in [6.45, 7) is 5.91.